The molecule has 3 heteroatoms. The Morgan fingerprint density at radius 2 is 2.19 bits per heavy atom. The predicted octanol–water partition coefficient (Wildman–Crippen LogP) is 2.25. The number of carbonyl (C=O) groups is 1. The molecule has 1 aromatic carbocycles. The Morgan fingerprint density at radius 3 is 3.00 bits per heavy atom. The van der Waals surface area contributed by atoms with E-state index in [1.54, 1.807) is 6.07 Å². The van der Waals surface area contributed by atoms with Gasteiger partial charge in [-0.15, -0.1) is 0 Å². The Balaban J connectivity index is 2.23. The summed E-state index contributed by atoms with van der Waals surface area (Å²) < 4.78 is 5.64. The Labute approximate surface area is 92.7 Å². The quantitative estimate of drug-likeness (QED) is 0.779. The van der Waals surface area contributed by atoms with Crippen molar-refractivity contribution in [2.45, 2.75) is 12.0 Å². The summed E-state index contributed by atoms with van der Waals surface area (Å²) in [4.78, 5) is 11.4. The van der Waals surface area contributed by atoms with Gasteiger partial charge in [0.25, 0.3) is 0 Å². The number of allylic oxidation sites excluding steroid dienone is 2. The van der Waals surface area contributed by atoms with Crippen LogP contribution < -0.4 is 4.74 Å². The van der Waals surface area contributed by atoms with Gasteiger partial charge in [0.1, 0.15) is 5.75 Å². The largest absolute Gasteiger partial charge is 0.478 e. The average molecular weight is 214 g/mol. The van der Waals surface area contributed by atoms with Gasteiger partial charge in [-0.3, -0.25) is 0 Å². The Hall–Kier alpha value is -2.03. The molecular formula is C13H10O3. The molecule has 1 aromatic rings. The lowest BCUT2D eigenvalue weighted by atomic mass is 9.84. The number of para-hydroxylation sites is 1. The lowest BCUT2D eigenvalue weighted by Gasteiger charge is -2.26. The van der Waals surface area contributed by atoms with E-state index in [9.17, 15) is 9.90 Å². The minimum atomic E-state index is -1.21. The Kier molecular flexibility index (Phi) is 1.72. The molecule has 1 atom stereocenters. The van der Waals surface area contributed by atoms with Gasteiger partial charge in [0.05, 0.1) is 0 Å². The summed E-state index contributed by atoms with van der Waals surface area (Å²) in [5.74, 6) is -0.279. The standard InChI is InChI=1S/C13H10O3/c14-12(15)13-8-4-3-6-10(13)9-5-1-2-7-11(9)16-13/h1-7H,8H2,(H,14,15). The fraction of sp³-hybridized carbons (Fsp3) is 0.154. The molecule has 2 aliphatic rings. The number of hydrogen-bond acceptors (Lipinski definition) is 2. The summed E-state index contributed by atoms with van der Waals surface area (Å²) in [5.41, 5.74) is 0.422. The van der Waals surface area contributed by atoms with Gasteiger partial charge in [-0.05, 0) is 6.07 Å². The number of fused-ring (bicyclic) bond motifs is 3. The summed E-state index contributed by atoms with van der Waals surface area (Å²) in [7, 11) is 0. The fourth-order valence-electron chi connectivity index (χ4n) is 2.26. The molecule has 3 nitrogen and oxygen atoms in total. The van der Waals surface area contributed by atoms with E-state index in [1.165, 1.54) is 0 Å². The zero-order valence-corrected chi connectivity index (χ0v) is 8.51. The van der Waals surface area contributed by atoms with E-state index in [0.717, 1.165) is 11.1 Å². The third-order valence-corrected chi connectivity index (χ3v) is 3.05. The highest BCUT2D eigenvalue weighted by Crippen LogP contribution is 2.47. The van der Waals surface area contributed by atoms with Crippen molar-refractivity contribution in [3.63, 3.8) is 0 Å². The minimum absolute atomic E-state index is 0.378. The molecule has 80 valence electrons. The molecule has 0 saturated carbocycles. The summed E-state index contributed by atoms with van der Waals surface area (Å²) in [6.07, 6.45) is 5.90. The Bertz CT molecular complexity index is 528. The number of hydrogen-bond donors (Lipinski definition) is 1. The summed E-state index contributed by atoms with van der Waals surface area (Å²) >= 11 is 0. The van der Waals surface area contributed by atoms with E-state index in [4.69, 9.17) is 4.74 Å². The van der Waals surface area contributed by atoms with Crippen LogP contribution in [0, 0.1) is 0 Å². The maximum absolute atomic E-state index is 11.4. The van der Waals surface area contributed by atoms with Gasteiger partial charge in [0, 0.05) is 17.6 Å². The van der Waals surface area contributed by atoms with E-state index >= 15 is 0 Å². The fourth-order valence-corrected chi connectivity index (χ4v) is 2.26. The van der Waals surface area contributed by atoms with Gasteiger partial charge in [-0.1, -0.05) is 36.4 Å². The zero-order valence-electron chi connectivity index (χ0n) is 8.51. The van der Waals surface area contributed by atoms with Gasteiger partial charge >= 0.3 is 5.97 Å². The molecule has 0 radical (unpaired) electrons. The van der Waals surface area contributed by atoms with Crippen LogP contribution >= 0.6 is 0 Å². The number of carboxylic acids is 1. The monoisotopic (exact) mass is 214 g/mol. The summed E-state index contributed by atoms with van der Waals surface area (Å²) in [6.45, 7) is 0. The molecule has 3 rings (SSSR count). The first-order chi connectivity index (χ1) is 7.74. The number of rotatable bonds is 1. The lowest BCUT2D eigenvalue weighted by Crippen LogP contribution is -2.42. The van der Waals surface area contributed by atoms with Gasteiger partial charge < -0.3 is 9.84 Å². The lowest BCUT2D eigenvalue weighted by molar-refractivity contribution is -0.149. The van der Waals surface area contributed by atoms with Crippen molar-refractivity contribution in [1.82, 2.24) is 0 Å². The van der Waals surface area contributed by atoms with Crippen molar-refractivity contribution in [3.8, 4) is 5.75 Å². The van der Waals surface area contributed by atoms with Crippen LogP contribution in [0.4, 0.5) is 0 Å². The van der Waals surface area contributed by atoms with Crippen molar-refractivity contribution in [2.75, 3.05) is 0 Å². The van der Waals surface area contributed by atoms with Crippen molar-refractivity contribution in [1.29, 1.82) is 0 Å². The van der Waals surface area contributed by atoms with Crippen LogP contribution in [0.2, 0.25) is 0 Å². The maximum Gasteiger partial charge on any atom is 0.353 e. The number of benzene rings is 1. The van der Waals surface area contributed by atoms with Crippen LogP contribution in [0.5, 0.6) is 5.75 Å². The first-order valence-electron chi connectivity index (χ1n) is 5.13. The molecule has 16 heavy (non-hydrogen) atoms. The van der Waals surface area contributed by atoms with Gasteiger partial charge in [-0.2, -0.15) is 0 Å². The summed E-state index contributed by atoms with van der Waals surface area (Å²) in [5, 5.41) is 9.37. The second-order valence-corrected chi connectivity index (χ2v) is 3.94. The molecule has 1 N–H and O–H groups in total. The summed E-state index contributed by atoms with van der Waals surface area (Å²) in [6, 6.07) is 7.43. The molecule has 0 bridgehead atoms. The van der Waals surface area contributed by atoms with Crippen LogP contribution in [0.1, 0.15) is 12.0 Å². The average Bonchev–Trinajstić information content (AvgIpc) is 2.64. The van der Waals surface area contributed by atoms with E-state index in [2.05, 4.69) is 0 Å². The Morgan fingerprint density at radius 1 is 1.38 bits per heavy atom. The van der Waals surface area contributed by atoms with E-state index in [-0.39, 0.29) is 0 Å². The molecular weight excluding hydrogens is 204 g/mol. The second-order valence-electron chi connectivity index (χ2n) is 3.94. The number of carboxylic acid groups (broad SMARTS) is 1. The maximum atomic E-state index is 11.4. The van der Waals surface area contributed by atoms with E-state index in [0.29, 0.717) is 12.2 Å². The molecule has 0 amide bonds. The smallest absolute Gasteiger partial charge is 0.353 e. The van der Waals surface area contributed by atoms with Crippen LogP contribution in [-0.2, 0) is 4.79 Å². The van der Waals surface area contributed by atoms with Crippen LogP contribution in [-0.4, -0.2) is 16.7 Å². The third-order valence-electron chi connectivity index (χ3n) is 3.05. The molecule has 0 spiro atoms. The highest BCUT2D eigenvalue weighted by atomic mass is 16.5. The minimum Gasteiger partial charge on any atom is -0.478 e. The topological polar surface area (TPSA) is 46.5 Å². The van der Waals surface area contributed by atoms with Crippen LogP contribution in [0.15, 0.2) is 42.5 Å². The van der Waals surface area contributed by atoms with Crippen LogP contribution in [0.3, 0.4) is 0 Å². The van der Waals surface area contributed by atoms with Crippen molar-refractivity contribution >= 4 is 11.5 Å². The number of aliphatic carboxylic acids is 1. The van der Waals surface area contributed by atoms with Gasteiger partial charge in [0.2, 0.25) is 5.60 Å². The second kappa shape index (κ2) is 2.98. The van der Waals surface area contributed by atoms with Gasteiger partial charge in [-0.25, -0.2) is 4.79 Å². The SMILES string of the molecule is O=C(O)C12CC=CC=C1c1ccccc1O2. The molecule has 1 aliphatic heterocycles. The highest BCUT2D eigenvalue weighted by Gasteiger charge is 2.50. The molecule has 0 fully saturated rings. The molecule has 1 unspecified atom stereocenters. The molecule has 1 aliphatic carbocycles. The van der Waals surface area contributed by atoms with Crippen molar-refractivity contribution in [3.05, 3.63) is 48.1 Å². The van der Waals surface area contributed by atoms with Crippen molar-refractivity contribution in [2.24, 2.45) is 0 Å². The van der Waals surface area contributed by atoms with E-state index in [1.807, 2.05) is 36.4 Å². The van der Waals surface area contributed by atoms with Gasteiger partial charge in [0.15, 0.2) is 0 Å². The zero-order chi connectivity index (χ0) is 11.2. The number of ether oxygens (including phenoxy) is 1. The third kappa shape index (κ3) is 0.999. The molecule has 1 heterocycles. The normalized spacial score (nSPS) is 25.4. The van der Waals surface area contributed by atoms with Crippen molar-refractivity contribution < 1.29 is 14.6 Å². The molecule has 0 saturated heterocycles. The van der Waals surface area contributed by atoms with E-state index < -0.39 is 11.6 Å². The first-order valence-corrected chi connectivity index (χ1v) is 5.13. The van der Waals surface area contributed by atoms with Crippen LogP contribution in [0.25, 0.3) is 5.57 Å². The molecule has 0 aromatic heterocycles. The predicted molar refractivity (Wildman–Crippen MR) is 59.2 cm³/mol. The first kappa shape index (κ1) is 9.21. The highest BCUT2D eigenvalue weighted by molar-refractivity contribution is 6.00.